The van der Waals surface area contributed by atoms with E-state index in [1.54, 1.807) is 0 Å². The fourth-order valence-electron chi connectivity index (χ4n) is 0.535. The molecule has 0 spiro atoms. The summed E-state index contributed by atoms with van der Waals surface area (Å²) >= 11 is 2.43. The van der Waals surface area contributed by atoms with E-state index >= 15 is 0 Å². The fraction of sp³-hybridized carbons (Fsp3) is 0.333. The molecular weight excluding hydrogens is 405 g/mol. The van der Waals surface area contributed by atoms with Crippen LogP contribution in [0.25, 0.3) is 0 Å². The quantitative estimate of drug-likeness (QED) is 0.377. The molecule has 0 amide bonds. The molecule has 0 atom stereocenters. The Morgan fingerprint density at radius 2 is 1.30 bits per heavy atom. The Labute approximate surface area is 112 Å². The van der Waals surface area contributed by atoms with Gasteiger partial charge < -0.3 is 0 Å². The summed E-state index contributed by atoms with van der Waals surface area (Å²) in [5, 5.41) is 0. The summed E-state index contributed by atoms with van der Waals surface area (Å²) in [5.74, 6) is -0.208. The molecule has 2 nitrogen and oxygen atoms in total. The summed E-state index contributed by atoms with van der Waals surface area (Å²) < 4.78 is 0.958. The zero-order chi connectivity index (χ0) is 8.31. The Bertz CT molecular complexity index is 186. The van der Waals surface area contributed by atoms with Crippen LogP contribution in [0.2, 0.25) is 0 Å². The van der Waals surface area contributed by atoms with E-state index in [0.717, 1.165) is -3.00 Å². The number of Topliss-reactive ketones (excluding diaryl/α,β-unsaturated/α-hetero) is 2. The van der Waals surface area contributed by atoms with Crippen molar-refractivity contribution in [1.82, 2.24) is 0 Å². The minimum atomic E-state index is -0.104. The molecular formula is C6H6O2Sm2. The summed E-state index contributed by atoms with van der Waals surface area (Å²) in [7, 11) is 0. The van der Waals surface area contributed by atoms with E-state index in [4.69, 9.17) is 0 Å². The topological polar surface area (TPSA) is 34.1 Å². The number of hydrogen-bond acceptors (Lipinski definition) is 2. The standard InChI is InChI=1S/C6H6O2.2Sm/c1-4(5(2)7)6(3)8;;/h2-3H3;;. The Kier molecular flexibility index (Phi) is 6.36. The van der Waals surface area contributed by atoms with Crippen LogP contribution in [0.15, 0.2) is 2.58 Å². The van der Waals surface area contributed by atoms with Gasteiger partial charge in [-0.05, 0) is 0 Å². The summed E-state index contributed by atoms with van der Waals surface area (Å²) in [5.41, 5.74) is 0.407. The number of carbonyl (C=O) groups is 2. The van der Waals surface area contributed by atoms with E-state index < -0.39 is 0 Å². The summed E-state index contributed by atoms with van der Waals surface area (Å²) in [6.07, 6.45) is 0. The maximum atomic E-state index is 10.8. The SMILES string of the molecule is CC(=O)C(C(C)=O)=[C]([Sm])[Sm]. The number of allylic oxidation sites excluding steroid dienone is 1. The van der Waals surface area contributed by atoms with Crippen molar-refractivity contribution in [1.29, 1.82) is 0 Å². The van der Waals surface area contributed by atoms with Gasteiger partial charge in [0.1, 0.15) is 0 Å². The van der Waals surface area contributed by atoms with Gasteiger partial charge in [-0.3, -0.25) is 0 Å². The van der Waals surface area contributed by atoms with Gasteiger partial charge in [0.25, 0.3) is 0 Å². The first-order chi connectivity index (χ1) is 4.46. The third kappa shape index (κ3) is 3.95. The third-order valence-electron chi connectivity index (χ3n) is 0.908. The van der Waals surface area contributed by atoms with Gasteiger partial charge in [-0.15, -0.1) is 0 Å². The Morgan fingerprint density at radius 3 is 1.30 bits per heavy atom. The van der Waals surface area contributed by atoms with Crippen LogP contribution in [0.1, 0.15) is 13.8 Å². The zero-order valence-corrected chi connectivity index (χ0v) is 10.9. The monoisotopic (exact) mass is 414 g/mol. The molecule has 0 rings (SSSR count). The van der Waals surface area contributed by atoms with Gasteiger partial charge in [-0.25, -0.2) is 0 Å². The number of ketones is 2. The van der Waals surface area contributed by atoms with Gasteiger partial charge in [0, 0.05) is 0 Å². The van der Waals surface area contributed by atoms with Crippen LogP contribution in [-0.4, -0.2) is 11.6 Å². The molecule has 0 unspecified atom stereocenters. The number of hydrogen-bond donors (Lipinski definition) is 0. The molecule has 0 saturated carbocycles. The van der Waals surface area contributed by atoms with Crippen molar-refractivity contribution in [2.75, 3.05) is 0 Å². The molecule has 0 saturated heterocycles. The molecule has 0 aliphatic carbocycles. The normalized spacial score (nSPS) is 8.60. The first kappa shape index (κ1) is 11.8. The van der Waals surface area contributed by atoms with Crippen molar-refractivity contribution in [3.8, 4) is 0 Å². The Hall–Kier alpha value is 1.76. The molecule has 0 aliphatic heterocycles. The van der Waals surface area contributed by atoms with Crippen LogP contribution in [0, 0.1) is 76.7 Å². The number of rotatable bonds is 2. The molecule has 0 bridgehead atoms. The summed E-state index contributed by atoms with van der Waals surface area (Å²) in [4.78, 5) is 21.5. The van der Waals surface area contributed by atoms with E-state index in [-0.39, 0.29) is 11.6 Å². The van der Waals surface area contributed by atoms with E-state index in [2.05, 4.69) is 0 Å². The average molecular weight is 411 g/mol. The van der Waals surface area contributed by atoms with Crippen molar-refractivity contribution < 1.29 is 86.3 Å². The predicted molar refractivity (Wildman–Crippen MR) is 28.4 cm³/mol. The first-order valence-electron chi connectivity index (χ1n) is 2.57. The second-order valence-corrected chi connectivity index (χ2v) is 7.58. The molecule has 0 aliphatic rings. The van der Waals surface area contributed by atoms with E-state index in [1.165, 1.54) is 90.5 Å². The molecule has 0 heterocycles. The molecule has 0 fully saturated rings. The van der Waals surface area contributed by atoms with Crippen molar-refractivity contribution >= 4 is 11.6 Å². The Morgan fingerprint density at radius 1 is 1.00 bits per heavy atom. The summed E-state index contributed by atoms with van der Waals surface area (Å²) in [6, 6.07) is 0. The first-order valence-corrected chi connectivity index (χ1v) is 5.19. The molecule has 0 radical (unpaired) electrons. The molecule has 10 heavy (non-hydrogen) atoms. The van der Waals surface area contributed by atoms with Gasteiger partial charge in [-0.1, -0.05) is 0 Å². The van der Waals surface area contributed by atoms with E-state index in [1.807, 2.05) is 0 Å². The molecule has 0 aromatic heterocycles. The van der Waals surface area contributed by atoms with E-state index in [9.17, 15) is 9.59 Å². The summed E-state index contributed by atoms with van der Waals surface area (Å²) in [6.45, 7) is 2.87. The van der Waals surface area contributed by atoms with Gasteiger partial charge in [-0.2, -0.15) is 0 Å². The van der Waals surface area contributed by atoms with Crippen LogP contribution in [0.5, 0.6) is 0 Å². The van der Waals surface area contributed by atoms with Gasteiger partial charge in [0.2, 0.25) is 0 Å². The van der Waals surface area contributed by atoms with Crippen LogP contribution < -0.4 is 0 Å². The molecule has 4 heteroatoms. The third-order valence-corrected chi connectivity index (χ3v) is 2.22. The second kappa shape index (κ2) is 5.41. The number of carbonyl (C=O) groups excluding carboxylic acids is 2. The van der Waals surface area contributed by atoms with Crippen molar-refractivity contribution in [3.05, 3.63) is 2.58 Å². The van der Waals surface area contributed by atoms with Gasteiger partial charge in [0.15, 0.2) is 0 Å². The van der Waals surface area contributed by atoms with Crippen LogP contribution in [0.3, 0.4) is 0 Å². The van der Waals surface area contributed by atoms with Gasteiger partial charge in [0.05, 0.1) is 0 Å². The minimum absolute atomic E-state index is 0.104. The average Bonchev–Trinajstić information content (AvgIpc) is 1.59. The molecule has 0 aromatic carbocycles. The van der Waals surface area contributed by atoms with Gasteiger partial charge >= 0.3 is 114 Å². The maximum absolute atomic E-state index is 10.8. The van der Waals surface area contributed by atoms with E-state index in [0.29, 0.717) is 5.57 Å². The van der Waals surface area contributed by atoms with Crippen LogP contribution in [0.4, 0.5) is 0 Å². The van der Waals surface area contributed by atoms with Crippen molar-refractivity contribution in [3.63, 3.8) is 0 Å². The fourth-order valence-corrected chi connectivity index (χ4v) is 2.38. The molecule has 0 N–H and O–H groups in total. The zero-order valence-electron chi connectivity index (χ0n) is 5.63. The van der Waals surface area contributed by atoms with Crippen LogP contribution in [-0.2, 0) is 9.59 Å². The second-order valence-electron chi connectivity index (χ2n) is 1.77. The Balaban J connectivity index is 4.79. The van der Waals surface area contributed by atoms with Crippen molar-refractivity contribution in [2.45, 2.75) is 13.8 Å². The van der Waals surface area contributed by atoms with Crippen molar-refractivity contribution in [2.24, 2.45) is 0 Å². The molecule has 54 valence electrons. The van der Waals surface area contributed by atoms with Crippen LogP contribution >= 0.6 is 0 Å². The predicted octanol–water partition coefficient (Wildman–Crippen LogP) is 0.475. The molecule has 0 aromatic rings.